The van der Waals surface area contributed by atoms with Gasteiger partial charge in [0, 0.05) is 0 Å². The second-order valence-corrected chi connectivity index (χ2v) is 3.89. The first-order valence-electron chi connectivity index (χ1n) is 4.76. The summed E-state index contributed by atoms with van der Waals surface area (Å²) in [6.45, 7) is 2.11. The van der Waals surface area contributed by atoms with Crippen LogP contribution in [0.1, 0.15) is 12.5 Å². The Kier molecular flexibility index (Phi) is 4.90. The maximum atomic E-state index is 11.2. The smallest absolute Gasteiger partial charge is 0.310 e. The molecule has 1 aromatic rings. The molecule has 0 N–H and O–H groups in total. The molecule has 0 aliphatic carbocycles. The Morgan fingerprint density at radius 1 is 1.31 bits per heavy atom. The second-order valence-electron chi connectivity index (χ2n) is 3.07. The molecule has 88 valence electrons. The van der Waals surface area contributed by atoms with E-state index in [-0.39, 0.29) is 12.4 Å². The van der Waals surface area contributed by atoms with Crippen molar-refractivity contribution in [2.24, 2.45) is 0 Å². The van der Waals surface area contributed by atoms with Gasteiger partial charge in [0.25, 0.3) is 0 Å². The quantitative estimate of drug-likeness (QED) is 0.783. The standard InChI is InChI=1S/C11H12Cl2O3/c1-3-16-10(14)6-7-4-8(12)11(15-2)9(13)5-7/h4-5H,3,6H2,1-2H3. The van der Waals surface area contributed by atoms with Crippen molar-refractivity contribution in [2.75, 3.05) is 13.7 Å². The zero-order chi connectivity index (χ0) is 12.1. The van der Waals surface area contributed by atoms with Gasteiger partial charge < -0.3 is 9.47 Å². The van der Waals surface area contributed by atoms with Gasteiger partial charge in [0.2, 0.25) is 0 Å². The number of rotatable bonds is 4. The Morgan fingerprint density at radius 3 is 2.31 bits per heavy atom. The molecule has 0 saturated heterocycles. The topological polar surface area (TPSA) is 35.5 Å². The molecule has 0 bridgehead atoms. The Morgan fingerprint density at radius 2 is 1.88 bits per heavy atom. The molecular weight excluding hydrogens is 251 g/mol. The van der Waals surface area contributed by atoms with Gasteiger partial charge in [-0.2, -0.15) is 0 Å². The first-order chi connectivity index (χ1) is 7.58. The molecule has 0 saturated carbocycles. The SMILES string of the molecule is CCOC(=O)Cc1cc(Cl)c(OC)c(Cl)c1. The van der Waals surface area contributed by atoms with E-state index in [2.05, 4.69) is 0 Å². The molecular formula is C11H12Cl2O3. The van der Waals surface area contributed by atoms with E-state index in [0.717, 1.165) is 0 Å². The summed E-state index contributed by atoms with van der Waals surface area (Å²) in [7, 11) is 1.48. The fourth-order valence-corrected chi connectivity index (χ4v) is 1.97. The van der Waals surface area contributed by atoms with Crippen molar-refractivity contribution >= 4 is 29.2 Å². The molecule has 0 amide bonds. The largest absolute Gasteiger partial charge is 0.494 e. The Bertz CT molecular complexity index is 368. The van der Waals surface area contributed by atoms with Gasteiger partial charge in [0.15, 0.2) is 5.75 Å². The summed E-state index contributed by atoms with van der Waals surface area (Å²) < 4.78 is 9.83. The highest BCUT2D eigenvalue weighted by Crippen LogP contribution is 2.33. The van der Waals surface area contributed by atoms with E-state index in [9.17, 15) is 4.79 Å². The molecule has 1 rings (SSSR count). The number of ether oxygens (including phenoxy) is 2. The lowest BCUT2D eigenvalue weighted by Crippen LogP contribution is -2.07. The van der Waals surface area contributed by atoms with Crippen molar-refractivity contribution in [3.63, 3.8) is 0 Å². The van der Waals surface area contributed by atoms with Gasteiger partial charge in [0.1, 0.15) is 0 Å². The van der Waals surface area contributed by atoms with Gasteiger partial charge in [-0.05, 0) is 24.6 Å². The molecule has 5 heteroatoms. The predicted molar refractivity (Wildman–Crippen MR) is 63.4 cm³/mol. The Hall–Kier alpha value is -0.930. The van der Waals surface area contributed by atoms with Crippen LogP contribution in [0.5, 0.6) is 5.75 Å². The number of methoxy groups -OCH3 is 1. The van der Waals surface area contributed by atoms with Crippen LogP contribution >= 0.6 is 23.2 Å². The van der Waals surface area contributed by atoms with Gasteiger partial charge in [-0.15, -0.1) is 0 Å². The molecule has 1 aromatic carbocycles. The Labute approximate surface area is 104 Å². The average molecular weight is 263 g/mol. The van der Waals surface area contributed by atoms with Gasteiger partial charge in [0.05, 0.1) is 30.2 Å². The van der Waals surface area contributed by atoms with Crippen molar-refractivity contribution in [3.05, 3.63) is 27.7 Å². The summed E-state index contributed by atoms with van der Waals surface area (Å²) in [6.07, 6.45) is 0.150. The number of benzene rings is 1. The van der Waals surface area contributed by atoms with Crippen molar-refractivity contribution in [2.45, 2.75) is 13.3 Å². The minimum absolute atomic E-state index is 0.150. The summed E-state index contributed by atoms with van der Waals surface area (Å²) in [5.74, 6) is 0.107. The van der Waals surface area contributed by atoms with Crippen molar-refractivity contribution in [1.29, 1.82) is 0 Å². The van der Waals surface area contributed by atoms with Gasteiger partial charge >= 0.3 is 5.97 Å². The van der Waals surface area contributed by atoms with E-state index in [1.807, 2.05) is 0 Å². The van der Waals surface area contributed by atoms with Crippen LogP contribution in [0.3, 0.4) is 0 Å². The molecule has 0 fully saturated rings. The van der Waals surface area contributed by atoms with Crippen molar-refractivity contribution < 1.29 is 14.3 Å². The molecule has 0 heterocycles. The van der Waals surface area contributed by atoms with Gasteiger partial charge in [-0.3, -0.25) is 4.79 Å². The van der Waals surface area contributed by atoms with E-state index >= 15 is 0 Å². The summed E-state index contributed by atoms with van der Waals surface area (Å²) in [4.78, 5) is 11.2. The third kappa shape index (κ3) is 3.29. The van der Waals surface area contributed by atoms with Crippen LogP contribution in [0.15, 0.2) is 12.1 Å². The normalized spacial score (nSPS) is 10.0. The molecule has 0 atom stereocenters. The number of hydrogen-bond acceptors (Lipinski definition) is 3. The minimum atomic E-state index is -0.306. The third-order valence-electron chi connectivity index (χ3n) is 1.92. The highest BCUT2D eigenvalue weighted by Gasteiger charge is 2.11. The third-order valence-corrected chi connectivity index (χ3v) is 2.48. The summed E-state index contributed by atoms with van der Waals surface area (Å²) >= 11 is 11.9. The number of esters is 1. The lowest BCUT2D eigenvalue weighted by atomic mass is 10.1. The molecule has 0 aromatic heterocycles. The fourth-order valence-electron chi connectivity index (χ4n) is 1.29. The van der Waals surface area contributed by atoms with Crippen LogP contribution in [-0.2, 0) is 16.0 Å². The number of carbonyl (C=O) groups is 1. The summed E-state index contributed by atoms with van der Waals surface area (Å²) in [5, 5.41) is 0.767. The second kappa shape index (κ2) is 5.97. The average Bonchev–Trinajstić information content (AvgIpc) is 2.17. The molecule has 0 aliphatic heterocycles. The zero-order valence-corrected chi connectivity index (χ0v) is 10.6. The molecule has 3 nitrogen and oxygen atoms in total. The monoisotopic (exact) mass is 262 g/mol. The number of carbonyl (C=O) groups excluding carboxylic acids is 1. The summed E-state index contributed by atoms with van der Waals surface area (Å²) in [6, 6.07) is 3.28. The summed E-state index contributed by atoms with van der Waals surface area (Å²) in [5.41, 5.74) is 0.703. The molecule has 0 radical (unpaired) electrons. The van der Waals surface area contributed by atoms with Crippen LogP contribution in [0.25, 0.3) is 0 Å². The van der Waals surface area contributed by atoms with Crippen LogP contribution < -0.4 is 4.74 Å². The number of halogens is 2. The lowest BCUT2D eigenvalue weighted by Gasteiger charge is -2.08. The highest BCUT2D eigenvalue weighted by atomic mass is 35.5. The molecule has 16 heavy (non-hydrogen) atoms. The fraction of sp³-hybridized carbons (Fsp3) is 0.364. The van der Waals surface area contributed by atoms with Crippen LogP contribution in [0.2, 0.25) is 10.0 Å². The van der Waals surface area contributed by atoms with E-state index in [1.54, 1.807) is 19.1 Å². The molecule has 0 spiro atoms. The van der Waals surface area contributed by atoms with E-state index in [0.29, 0.717) is 28.0 Å². The van der Waals surface area contributed by atoms with Crippen molar-refractivity contribution in [3.8, 4) is 5.75 Å². The maximum Gasteiger partial charge on any atom is 0.310 e. The predicted octanol–water partition coefficient (Wildman–Crippen LogP) is 3.11. The molecule has 0 unspecified atom stereocenters. The van der Waals surface area contributed by atoms with Crippen LogP contribution in [-0.4, -0.2) is 19.7 Å². The maximum absolute atomic E-state index is 11.2. The van der Waals surface area contributed by atoms with Crippen LogP contribution in [0.4, 0.5) is 0 Å². The van der Waals surface area contributed by atoms with Crippen LogP contribution in [0, 0.1) is 0 Å². The lowest BCUT2D eigenvalue weighted by molar-refractivity contribution is -0.142. The van der Waals surface area contributed by atoms with E-state index in [1.165, 1.54) is 7.11 Å². The molecule has 0 aliphatic rings. The first-order valence-corrected chi connectivity index (χ1v) is 5.51. The number of hydrogen-bond donors (Lipinski definition) is 0. The van der Waals surface area contributed by atoms with Gasteiger partial charge in [-0.1, -0.05) is 23.2 Å². The van der Waals surface area contributed by atoms with E-state index < -0.39 is 0 Å². The van der Waals surface area contributed by atoms with E-state index in [4.69, 9.17) is 32.7 Å². The highest BCUT2D eigenvalue weighted by molar-refractivity contribution is 6.37. The van der Waals surface area contributed by atoms with Crippen molar-refractivity contribution in [1.82, 2.24) is 0 Å². The van der Waals surface area contributed by atoms with Gasteiger partial charge in [-0.25, -0.2) is 0 Å². The Balaban J connectivity index is 2.87. The zero-order valence-electron chi connectivity index (χ0n) is 9.05. The first kappa shape index (κ1) is 13.1. The minimum Gasteiger partial charge on any atom is -0.494 e.